The van der Waals surface area contributed by atoms with Gasteiger partial charge in [0.2, 0.25) is 11.8 Å². The van der Waals surface area contributed by atoms with E-state index in [1.165, 1.54) is 24.3 Å². The summed E-state index contributed by atoms with van der Waals surface area (Å²) in [6, 6.07) is 30.2. The molecule has 3 amide bonds. The Hall–Kier alpha value is -5.97. The summed E-state index contributed by atoms with van der Waals surface area (Å²) in [6.07, 6.45) is 4.20. The molecular weight excluding hydrogens is 661 g/mol. The second-order valence-electron chi connectivity index (χ2n) is 13.0. The lowest BCUT2D eigenvalue weighted by Crippen LogP contribution is -2.56. The van der Waals surface area contributed by atoms with E-state index in [4.69, 9.17) is 9.47 Å². The molecular formula is C41H42FN5O5. The number of ether oxygens (including phenoxy) is 2. The summed E-state index contributed by atoms with van der Waals surface area (Å²) in [5, 5.41) is 5.78. The molecule has 268 valence electrons. The maximum atomic E-state index is 15.0. The number of aromatic nitrogens is 2. The molecule has 3 atom stereocenters. The molecule has 10 nitrogen and oxygen atoms in total. The molecule has 1 heterocycles. The van der Waals surface area contributed by atoms with E-state index >= 15 is 4.39 Å². The molecule has 11 heteroatoms. The fourth-order valence-corrected chi connectivity index (χ4v) is 6.07. The van der Waals surface area contributed by atoms with Crippen LogP contribution < -0.4 is 15.4 Å². The number of aromatic amines is 1. The largest absolute Gasteiger partial charge is 0.489 e. The Labute approximate surface area is 302 Å². The van der Waals surface area contributed by atoms with Gasteiger partial charge in [-0.05, 0) is 53.6 Å². The van der Waals surface area contributed by atoms with Gasteiger partial charge in [-0.25, -0.2) is 14.2 Å². The SMILES string of the molecule is CN(C(=O)C(Cc1cnc[nH]1)NC(=O)OCc1ccccc1)C(Cc1ccc(OCc2ccccc2)cc1)C(=O)NC(c1ccccc1F)C1CC1. The highest BCUT2D eigenvalue weighted by Crippen LogP contribution is 2.41. The van der Waals surface area contributed by atoms with Gasteiger partial charge in [0.15, 0.2) is 0 Å². The molecule has 1 aromatic heterocycles. The monoisotopic (exact) mass is 703 g/mol. The summed E-state index contributed by atoms with van der Waals surface area (Å²) in [5.41, 5.74) is 3.62. The molecule has 0 spiro atoms. The highest BCUT2D eigenvalue weighted by molar-refractivity contribution is 5.91. The van der Waals surface area contributed by atoms with E-state index in [9.17, 15) is 14.4 Å². The number of amides is 3. The summed E-state index contributed by atoms with van der Waals surface area (Å²) in [5.74, 6) is -0.609. The molecule has 0 radical (unpaired) electrons. The minimum Gasteiger partial charge on any atom is -0.489 e. The number of alkyl carbamates (subject to hydrolysis) is 1. The molecule has 0 aliphatic heterocycles. The van der Waals surface area contributed by atoms with Gasteiger partial charge in [0.1, 0.15) is 36.9 Å². The van der Waals surface area contributed by atoms with Gasteiger partial charge in [0.25, 0.3) is 0 Å². The number of hydrogen-bond donors (Lipinski definition) is 3. The first-order valence-corrected chi connectivity index (χ1v) is 17.4. The van der Waals surface area contributed by atoms with Crippen molar-refractivity contribution in [1.29, 1.82) is 0 Å². The number of benzene rings is 4. The number of H-pyrrole nitrogens is 1. The average molecular weight is 704 g/mol. The van der Waals surface area contributed by atoms with Crippen LogP contribution in [0.1, 0.15) is 46.8 Å². The van der Waals surface area contributed by atoms with Gasteiger partial charge >= 0.3 is 6.09 Å². The van der Waals surface area contributed by atoms with Gasteiger partial charge in [-0.15, -0.1) is 0 Å². The Kier molecular flexibility index (Phi) is 11.9. The van der Waals surface area contributed by atoms with Crippen molar-refractivity contribution in [3.8, 4) is 5.75 Å². The molecule has 4 aromatic carbocycles. The smallest absolute Gasteiger partial charge is 0.408 e. The minimum atomic E-state index is -1.09. The first-order valence-electron chi connectivity index (χ1n) is 17.4. The third-order valence-electron chi connectivity index (χ3n) is 9.13. The van der Waals surface area contributed by atoms with Crippen molar-refractivity contribution in [2.45, 2.75) is 57.0 Å². The molecule has 3 unspecified atom stereocenters. The predicted octanol–water partition coefficient (Wildman–Crippen LogP) is 6.30. The fraction of sp³-hybridized carbons (Fsp3) is 0.268. The molecule has 3 N–H and O–H groups in total. The topological polar surface area (TPSA) is 126 Å². The number of hydrogen-bond acceptors (Lipinski definition) is 6. The summed E-state index contributed by atoms with van der Waals surface area (Å²) >= 11 is 0. The van der Waals surface area contributed by atoms with Crippen molar-refractivity contribution in [3.63, 3.8) is 0 Å². The molecule has 0 bridgehead atoms. The van der Waals surface area contributed by atoms with E-state index in [2.05, 4.69) is 20.6 Å². The lowest BCUT2D eigenvalue weighted by Gasteiger charge is -2.32. The van der Waals surface area contributed by atoms with Gasteiger partial charge in [-0.2, -0.15) is 0 Å². The molecule has 52 heavy (non-hydrogen) atoms. The zero-order chi connectivity index (χ0) is 36.3. The van der Waals surface area contributed by atoms with Gasteiger partial charge in [0, 0.05) is 37.3 Å². The number of nitrogens with zero attached hydrogens (tertiary/aromatic N) is 2. The Morgan fingerprint density at radius 3 is 2.12 bits per heavy atom. The standard InChI is InChI=1S/C41H42FN5O5/c1-47(40(49)36(23-32-24-43-27-44-32)45-41(50)52-26-30-12-6-3-7-13-30)37(39(48)46-38(31-18-19-31)34-14-8-9-15-35(34)42)22-28-16-20-33(21-17-28)51-25-29-10-4-2-5-11-29/h2-17,20-21,24,27,31,36-38H,18-19,22-23,25-26H2,1H3,(H,43,44)(H,45,50)(H,46,48). The van der Waals surface area contributed by atoms with Gasteiger partial charge < -0.3 is 30.0 Å². The van der Waals surface area contributed by atoms with E-state index in [1.54, 1.807) is 24.4 Å². The van der Waals surface area contributed by atoms with Crippen LogP contribution in [-0.4, -0.2) is 51.9 Å². The number of imidazole rings is 1. The third-order valence-corrected chi connectivity index (χ3v) is 9.13. The van der Waals surface area contributed by atoms with Crippen LogP contribution in [0.3, 0.4) is 0 Å². The maximum Gasteiger partial charge on any atom is 0.408 e. The highest BCUT2D eigenvalue weighted by atomic mass is 19.1. The molecule has 5 aromatic rings. The van der Waals surface area contributed by atoms with Crippen molar-refractivity contribution >= 4 is 17.9 Å². The van der Waals surface area contributed by atoms with E-state index in [0.717, 1.165) is 29.5 Å². The number of nitrogens with one attached hydrogen (secondary N) is 3. The number of carbonyl (C=O) groups is 3. The number of halogens is 1. The van der Waals surface area contributed by atoms with Crippen LogP contribution in [0.2, 0.25) is 0 Å². The summed E-state index contributed by atoms with van der Waals surface area (Å²) in [6.45, 7) is 0.418. The zero-order valence-corrected chi connectivity index (χ0v) is 28.9. The first kappa shape index (κ1) is 35.8. The van der Waals surface area contributed by atoms with Crippen LogP contribution in [0.15, 0.2) is 122 Å². The van der Waals surface area contributed by atoms with Gasteiger partial charge in [-0.3, -0.25) is 9.59 Å². The van der Waals surface area contributed by atoms with E-state index in [1.807, 2.05) is 84.9 Å². The highest BCUT2D eigenvalue weighted by Gasteiger charge is 2.38. The summed E-state index contributed by atoms with van der Waals surface area (Å²) in [4.78, 5) is 50.0. The average Bonchev–Trinajstić information content (AvgIpc) is 3.89. The molecule has 1 saturated carbocycles. The Bertz CT molecular complexity index is 1900. The maximum absolute atomic E-state index is 15.0. The van der Waals surface area contributed by atoms with Gasteiger partial charge in [-0.1, -0.05) is 91.0 Å². The van der Waals surface area contributed by atoms with E-state index in [0.29, 0.717) is 23.6 Å². The van der Waals surface area contributed by atoms with Crippen molar-refractivity contribution in [3.05, 3.63) is 155 Å². The van der Waals surface area contributed by atoms with Gasteiger partial charge in [0.05, 0.1) is 12.4 Å². The van der Waals surface area contributed by atoms with Crippen LogP contribution in [0.5, 0.6) is 5.75 Å². The Morgan fingerprint density at radius 2 is 1.48 bits per heavy atom. The molecule has 6 rings (SSSR count). The molecule has 1 aliphatic carbocycles. The van der Waals surface area contributed by atoms with Crippen molar-refractivity contribution in [2.24, 2.45) is 5.92 Å². The molecule has 1 aliphatic rings. The Balaban J connectivity index is 1.22. The van der Waals surface area contributed by atoms with Crippen LogP contribution in [0.4, 0.5) is 9.18 Å². The number of likely N-dealkylation sites (N-methyl/N-ethyl adjacent to an activating group) is 1. The van der Waals surface area contributed by atoms with Crippen molar-refractivity contribution < 1.29 is 28.2 Å². The Morgan fingerprint density at radius 1 is 0.827 bits per heavy atom. The van der Waals surface area contributed by atoms with E-state index < -0.39 is 41.9 Å². The normalized spacial score (nSPS) is 14.0. The quantitative estimate of drug-likeness (QED) is 0.111. The fourth-order valence-electron chi connectivity index (χ4n) is 6.07. The van der Waals surface area contributed by atoms with Crippen molar-refractivity contribution in [1.82, 2.24) is 25.5 Å². The number of carbonyl (C=O) groups excluding carboxylic acids is 3. The van der Waals surface area contributed by atoms with Crippen LogP contribution in [-0.2, 0) is 40.4 Å². The lowest BCUT2D eigenvalue weighted by atomic mass is 9.98. The second-order valence-corrected chi connectivity index (χ2v) is 13.0. The predicted molar refractivity (Wildman–Crippen MR) is 193 cm³/mol. The molecule has 0 saturated heterocycles. The number of rotatable bonds is 16. The lowest BCUT2D eigenvalue weighted by molar-refractivity contribution is -0.140. The van der Waals surface area contributed by atoms with Crippen molar-refractivity contribution in [2.75, 3.05) is 7.05 Å². The summed E-state index contributed by atoms with van der Waals surface area (Å²) in [7, 11) is 1.54. The first-order chi connectivity index (χ1) is 25.3. The van der Waals surface area contributed by atoms with E-state index in [-0.39, 0.29) is 25.4 Å². The molecule has 1 fully saturated rings. The summed E-state index contributed by atoms with van der Waals surface area (Å²) < 4.78 is 26.4. The minimum absolute atomic E-state index is 0.0160. The zero-order valence-electron chi connectivity index (χ0n) is 28.9. The van der Waals surface area contributed by atoms with Crippen LogP contribution in [0.25, 0.3) is 0 Å². The third kappa shape index (κ3) is 9.84. The second kappa shape index (κ2) is 17.3. The van der Waals surface area contributed by atoms with Crippen LogP contribution in [0, 0.1) is 11.7 Å². The van der Waals surface area contributed by atoms with Crippen LogP contribution >= 0.6 is 0 Å².